The van der Waals surface area contributed by atoms with Crippen LogP contribution < -0.4 is 0 Å². The van der Waals surface area contributed by atoms with Crippen molar-refractivity contribution in [3.63, 3.8) is 0 Å². The van der Waals surface area contributed by atoms with Gasteiger partial charge in [-0.3, -0.25) is 9.48 Å². The van der Waals surface area contributed by atoms with Gasteiger partial charge < -0.3 is 9.47 Å². The molecule has 0 bridgehead atoms. The first-order valence-electron chi connectivity index (χ1n) is 5.44. The number of aryl methyl sites for hydroxylation is 1. The Balaban J connectivity index is 2.16. The van der Waals surface area contributed by atoms with Crippen LogP contribution in [0.2, 0.25) is 0 Å². The van der Waals surface area contributed by atoms with Gasteiger partial charge in [0, 0.05) is 18.0 Å². The van der Waals surface area contributed by atoms with Gasteiger partial charge in [0.25, 0.3) is 0 Å². The molecule has 1 aliphatic heterocycles. The number of carbonyl (C=O) groups excluding carboxylic acids is 1. The average molecular weight is 232 g/mol. The summed E-state index contributed by atoms with van der Waals surface area (Å²) in [6, 6.07) is 5.47. The van der Waals surface area contributed by atoms with Gasteiger partial charge in [0.15, 0.2) is 0 Å². The number of nitrogens with zero attached hydrogens (tertiary/aromatic N) is 2. The van der Waals surface area contributed by atoms with Crippen LogP contribution in [-0.2, 0) is 16.5 Å². The van der Waals surface area contributed by atoms with E-state index in [1.807, 2.05) is 19.2 Å². The maximum Gasteiger partial charge on any atom is 0.203 e. The minimum absolute atomic E-state index is 0.388. The minimum atomic E-state index is -0.388. The van der Waals surface area contributed by atoms with Crippen molar-refractivity contribution in [1.29, 1.82) is 0 Å². The number of carbonyl (C=O) groups is 1. The van der Waals surface area contributed by atoms with Gasteiger partial charge in [-0.25, -0.2) is 0 Å². The Morgan fingerprint density at radius 3 is 2.88 bits per heavy atom. The zero-order valence-electron chi connectivity index (χ0n) is 9.42. The van der Waals surface area contributed by atoms with E-state index >= 15 is 0 Å². The maximum absolute atomic E-state index is 10.7. The molecule has 5 heteroatoms. The molecule has 0 amide bonds. The molecule has 3 rings (SSSR count). The van der Waals surface area contributed by atoms with E-state index in [1.165, 1.54) is 0 Å². The second-order valence-corrected chi connectivity index (χ2v) is 3.98. The van der Waals surface area contributed by atoms with Gasteiger partial charge >= 0.3 is 0 Å². The first kappa shape index (κ1) is 10.4. The van der Waals surface area contributed by atoms with Crippen LogP contribution in [0.5, 0.6) is 0 Å². The Labute approximate surface area is 97.9 Å². The Hall–Kier alpha value is -1.72. The topological polar surface area (TPSA) is 53.4 Å². The van der Waals surface area contributed by atoms with Gasteiger partial charge in [-0.05, 0) is 6.07 Å². The molecule has 1 aliphatic rings. The number of rotatable bonds is 2. The van der Waals surface area contributed by atoms with E-state index in [-0.39, 0.29) is 6.29 Å². The highest BCUT2D eigenvalue weighted by Crippen LogP contribution is 2.29. The summed E-state index contributed by atoms with van der Waals surface area (Å²) in [5.41, 5.74) is 2.32. The third-order valence-corrected chi connectivity index (χ3v) is 2.89. The monoisotopic (exact) mass is 232 g/mol. The molecule has 0 unspecified atom stereocenters. The molecule has 0 aliphatic carbocycles. The highest BCUT2D eigenvalue weighted by atomic mass is 16.7. The Bertz CT molecular complexity index is 570. The summed E-state index contributed by atoms with van der Waals surface area (Å²) in [6.45, 7) is 1.18. The predicted molar refractivity (Wildman–Crippen MR) is 60.7 cm³/mol. The SMILES string of the molecule is Cn1nc(C2OCCO2)c2ccc(C=O)cc21. The zero-order valence-corrected chi connectivity index (χ0v) is 9.42. The van der Waals surface area contributed by atoms with Gasteiger partial charge in [0.2, 0.25) is 6.29 Å². The first-order chi connectivity index (χ1) is 8.29. The van der Waals surface area contributed by atoms with Crippen molar-refractivity contribution < 1.29 is 14.3 Å². The standard InChI is InChI=1S/C12H12N2O3/c1-14-10-6-8(7-15)2-3-9(10)11(13-14)12-16-4-5-17-12/h2-3,6-7,12H,4-5H2,1H3. The zero-order chi connectivity index (χ0) is 11.8. The van der Waals surface area contributed by atoms with Crippen LogP contribution in [0, 0.1) is 0 Å². The molecule has 2 heterocycles. The van der Waals surface area contributed by atoms with Gasteiger partial charge in [0.1, 0.15) is 12.0 Å². The van der Waals surface area contributed by atoms with Crippen LogP contribution in [0.25, 0.3) is 10.9 Å². The summed E-state index contributed by atoms with van der Waals surface area (Å²) >= 11 is 0. The van der Waals surface area contributed by atoms with Crippen LogP contribution in [0.3, 0.4) is 0 Å². The lowest BCUT2D eigenvalue weighted by molar-refractivity contribution is -0.0465. The number of ether oxygens (including phenoxy) is 2. The van der Waals surface area contributed by atoms with Gasteiger partial charge in [0.05, 0.1) is 18.7 Å². The molecule has 1 fully saturated rings. The Kier molecular flexibility index (Phi) is 2.42. The largest absolute Gasteiger partial charge is 0.345 e. The molecule has 5 nitrogen and oxygen atoms in total. The van der Waals surface area contributed by atoms with Crippen molar-refractivity contribution >= 4 is 17.2 Å². The molecule has 0 saturated carbocycles. The summed E-state index contributed by atoms with van der Waals surface area (Å²) in [7, 11) is 1.84. The van der Waals surface area contributed by atoms with Crippen molar-refractivity contribution in [2.45, 2.75) is 6.29 Å². The first-order valence-corrected chi connectivity index (χ1v) is 5.44. The molecule has 1 aromatic heterocycles. The lowest BCUT2D eigenvalue weighted by Crippen LogP contribution is -2.00. The van der Waals surface area contributed by atoms with Gasteiger partial charge in [-0.1, -0.05) is 12.1 Å². The van der Waals surface area contributed by atoms with E-state index in [0.717, 1.165) is 22.9 Å². The lowest BCUT2D eigenvalue weighted by Gasteiger charge is -2.05. The summed E-state index contributed by atoms with van der Waals surface area (Å²) in [5, 5.41) is 5.36. The van der Waals surface area contributed by atoms with Crippen molar-refractivity contribution in [1.82, 2.24) is 9.78 Å². The molecular formula is C12H12N2O3. The van der Waals surface area contributed by atoms with E-state index < -0.39 is 0 Å². The number of aromatic nitrogens is 2. The number of aldehydes is 1. The molecule has 1 saturated heterocycles. The van der Waals surface area contributed by atoms with Crippen molar-refractivity contribution in [3.05, 3.63) is 29.5 Å². The highest BCUT2D eigenvalue weighted by Gasteiger charge is 2.24. The molecule has 17 heavy (non-hydrogen) atoms. The fourth-order valence-corrected chi connectivity index (χ4v) is 2.07. The summed E-state index contributed by atoms with van der Waals surface area (Å²) in [5.74, 6) is 0. The minimum Gasteiger partial charge on any atom is -0.345 e. The highest BCUT2D eigenvalue weighted by molar-refractivity contribution is 5.88. The van der Waals surface area contributed by atoms with Crippen LogP contribution in [0.15, 0.2) is 18.2 Å². The molecule has 0 atom stereocenters. The molecule has 0 spiro atoms. The second kappa shape index (κ2) is 3.94. The average Bonchev–Trinajstić information content (AvgIpc) is 2.97. The fourth-order valence-electron chi connectivity index (χ4n) is 2.07. The number of fused-ring (bicyclic) bond motifs is 1. The third kappa shape index (κ3) is 1.64. The predicted octanol–water partition coefficient (Wildman–Crippen LogP) is 1.43. The smallest absolute Gasteiger partial charge is 0.203 e. The van der Waals surface area contributed by atoms with Crippen LogP contribution in [0.4, 0.5) is 0 Å². The van der Waals surface area contributed by atoms with Gasteiger partial charge in [-0.15, -0.1) is 0 Å². The molecule has 0 radical (unpaired) electrons. The van der Waals surface area contributed by atoms with Crippen molar-refractivity contribution in [2.75, 3.05) is 13.2 Å². The number of hydrogen-bond donors (Lipinski definition) is 0. The third-order valence-electron chi connectivity index (χ3n) is 2.89. The molecule has 0 N–H and O–H groups in total. The molecule has 2 aromatic rings. The number of benzene rings is 1. The summed E-state index contributed by atoms with van der Waals surface area (Å²) < 4.78 is 12.6. The Morgan fingerprint density at radius 2 is 2.18 bits per heavy atom. The van der Waals surface area contributed by atoms with Crippen LogP contribution >= 0.6 is 0 Å². The lowest BCUT2D eigenvalue weighted by atomic mass is 10.1. The maximum atomic E-state index is 10.7. The summed E-state index contributed by atoms with van der Waals surface area (Å²) in [6.07, 6.45) is 0.440. The molecule has 88 valence electrons. The molecular weight excluding hydrogens is 220 g/mol. The van der Waals surface area contributed by atoms with E-state index in [2.05, 4.69) is 5.10 Å². The van der Waals surface area contributed by atoms with Crippen molar-refractivity contribution in [2.24, 2.45) is 7.05 Å². The van der Waals surface area contributed by atoms with E-state index in [9.17, 15) is 4.79 Å². The second-order valence-electron chi connectivity index (χ2n) is 3.98. The van der Waals surface area contributed by atoms with E-state index in [0.29, 0.717) is 18.8 Å². The quantitative estimate of drug-likeness (QED) is 0.735. The summed E-state index contributed by atoms with van der Waals surface area (Å²) in [4.78, 5) is 10.7. The Morgan fingerprint density at radius 1 is 1.41 bits per heavy atom. The van der Waals surface area contributed by atoms with Crippen LogP contribution in [0.1, 0.15) is 22.3 Å². The van der Waals surface area contributed by atoms with E-state index in [1.54, 1.807) is 10.7 Å². The molecule has 1 aromatic carbocycles. The fraction of sp³-hybridized carbons (Fsp3) is 0.333. The van der Waals surface area contributed by atoms with Crippen LogP contribution in [-0.4, -0.2) is 29.3 Å². The van der Waals surface area contributed by atoms with E-state index in [4.69, 9.17) is 9.47 Å². The number of hydrogen-bond acceptors (Lipinski definition) is 4. The normalized spacial score (nSPS) is 16.8. The van der Waals surface area contributed by atoms with Crippen molar-refractivity contribution in [3.8, 4) is 0 Å². The van der Waals surface area contributed by atoms with Gasteiger partial charge in [-0.2, -0.15) is 5.10 Å².